The van der Waals surface area contributed by atoms with Crippen LogP contribution in [0.5, 0.6) is 0 Å². The highest BCUT2D eigenvalue weighted by Gasteiger charge is 2.10. The molecular weight excluding hydrogens is 274 g/mol. The number of aryl methyl sites for hydroxylation is 1. The number of nitrogens with zero attached hydrogens (tertiary/aromatic N) is 1. The van der Waals surface area contributed by atoms with Crippen molar-refractivity contribution in [3.05, 3.63) is 53.6 Å². The Bertz CT molecular complexity index is 747. The minimum absolute atomic E-state index is 0.677. The van der Waals surface area contributed by atoms with E-state index < -0.39 is 0 Å². The fourth-order valence-corrected chi connectivity index (χ4v) is 2.53. The summed E-state index contributed by atoms with van der Waals surface area (Å²) in [6.45, 7) is 2.91. The third-order valence-electron chi connectivity index (χ3n) is 3.83. The van der Waals surface area contributed by atoms with Gasteiger partial charge >= 0.3 is 0 Å². The van der Waals surface area contributed by atoms with Crippen molar-refractivity contribution in [1.82, 2.24) is 5.16 Å². The van der Waals surface area contributed by atoms with E-state index in [4.69, 9.17) is 10.3 Å². The number of hydrogen-bond acceptors (Lipinski definition) is 4. The summed E-state index contributed by atoms with van der Waals surface area (Å²) in [5.41, 5.74) is 9.98. The van der Waals surface area contributed by atoms with Gasteiger partial charge < -0.3 is 15.6 Å². The first-order valence-electron chi connectivity index (χ1n) is 7.73. The van der Waals surface area contributed by atoms with Crippen LogP contribution < -0.4 is 11.1 Å². The summed E-state index contributed by atoms with van der Waals surface area (Å²) in [6, 6.07) is 14.3. The van der Waals surface area contributed by atoms with Gasteiger partial charge in [-0.05, 0) is 36.1 Å². The SMILES string of the molecule is CCCCc1ccc(CNc2noc3cccc(N)c23)cc1. The molecule has 0 unspecified atom stereocenters. The van der Waals surface area contributed by atoms with Crippen molar-refractivity contribution >= 4 is 22.5 Å². The molecule has 22 heavy (non-hydrogen) atoms. The Labute approximate surface area is 130 Å². The molecule has 0 aliphatic heterocycles. The van der Waals surface area contributed by atoms with Crippen molar-refractivity contribution < 1.29 is 4.52 Å². The zero-order valence-corrected chi connectivity index (χ0v) is 12.8. The lowest BCUT2D eigenvalue weighted by molar-refractivity contribution is 0.459. The molecule has 4 heteroatoms. The highest BCUT2D eigenvalue weighted by molar-refractivity contribution is 5.97. The largest absolute Gasteiger partial charge is 0.398 e. The molecule has 0 aliphatic carbocycles. The van der Waals surface area contributed by atoms with E-state index in [0.29, 0.717) is 23.6 Å². The Morgan fingerprint density at radius 1 is 1.09 bits per heavy atom. The standard InChI is InChI=1S/C18H21N3O/c1-2-3-5-13-8-10-14(11-9-13)12-20-18-17-15(19)6-4-7-16(17)22-21-18/h4,6-11H,2-3,5,12,19H2,1H3,(H,20,21). The number of hydrogen-bond donors (Lipinski definition) is 2. The fourth-order valence-electron chi connectivity index (χ4n) is 2.53. The first-order chi connectivity index (χ1) is 10.8. The van der Waals surface area contributed by atoms with Gasteiger partial charge in [0.2, 0.25) is 0 Å². The second kappa shape index (κ2) is 6.52. The van der Waals surface area contributed by atoms with E-state index in [9.17, 15) is 0 Å². The molecule has 0 fully saturated rings. The van der Waals surface area contributed by atoms with Gasteiger partial charge in [0.05, 0.1) is 5.39 Å². The lowest BCUT2D eigenvalue weighted by Crippen LogP contribution is -2.01. The molecule has 1 heterocycles. The van der Waals surface area contributed by atoms with Crippen molar-refractivity contribution in [2.24, 2.45) is 0 Å². The highest BCUT2D eigenvalue weighted by atomic mass is 16.5. The van der Waals surface area contributed by atoms with E-state index in [1.165, 1.54) is 24.0 Å². The quantitative estimate of drug-likeness (QED) is 0.663. The maximum atomic E-state index is 6.00. The number of anilines is 2. The van der Waals surface area contributed by atoms with Crippen LogP contribution in [0, 0.1) is 0 Å². The second-order valence-corrected chi connectivity index (χ2v) is 5.53. The molecular formula is C18H21N3O. The minimum Gasteiger partial charge on any atom is -0.398 e. The van der Waals surface area contributed by atoms with E-state index in [1.54, 1.807) is 0 Å². The average Bonchev–Trinajstić information content (AvgIpc) is 2.96. The van der Waals surface area contributed by atoms with Crippen LogP contribution in [0.2, 0.25) is 0 Å². The van der Waals surface area contributed by atoms with Crippen LogP contribution in [0.4, 0.5) is 11.5 Å². The summed E-state index contributed by atoms with van der Waals surface area (Å²) in [7, 11) is 0. The Kier molecular flexibility index (Phi) is 4.28. The van der Waals surface area contributed by atoms with Gasteiger partial charge in [0.25, 0.3) is 0 Å². The van der Waals surface area contributed by atoms with Crippen molar-refractivity contribution in [2.45, 2.75) is 32.7 Å². The molecule has 4 nitrogen and oxygen atoms in total. The van der Waals surface area contributed by atoms with Gasteiger partial charge in [-0.15, -0.1) is 0 Å². The second-order valence-electron chi connectivity index (χ2n) is 5.53. The molecule has 2 aromatic carbocycles. The number of fused-ring (bicyclic) bond motifs is 1. The first-order valence-corrected chi connectivity index (χ1v) is 7.73. The Balaban J connectivity index is 1.69. The number of nitrogen functional groups attached to an aromatic ring is 1. The Morgan fingerprint density at radius 2 is 1.86 bits per heavy atom. The van der Waals surface area contributed by atoms with E-state index in [-0.39, 0.29) is 0 Å². The molecule has 0 atom stereocenters. The van der Waals surface area contributed by atoms with Gasteiger partial charge in [-0.3, -0.25) is 0 Å². The average molecular weight is 295 g/mol. The summed E-state index contributed by atoms with van der Waals surface area (Å²) in [5.74, 6) is 0.697. The summed E-state index contributed by atoms with van der Waals surface area (Å²) in [6.07, 6.45) is 3.61. The van der Waals surface area contributed by atoms with Crippen molar-refractivity contribution in [3.63, 3.8) is 0 Å². The first kappa shape index (κ1) is 14.4. The summed E-state index contributed by atoms with van der Waals surface area (Å²) in [5, 5.41) is 8.21. The van der Waals surface area contributed by atoms with Crippen molar-refractivity contribution in [2.75, 3.05) is 11.1 Å². The van der Waals surface area contributed by atoms with Crippen LogP contribution >= 0.6 is 0 Å². The zero-order valence-electron chi connectivity index (χ0n) is 12.8. The van der Waals surface area contributed by atoms with E-state index in [2.05, 4.69) is 41.7 Å². The maximum absolute atomic E-state index is 6.00. The van der Waals surface area contributed by atoms with E-state index in [1.807, 2.05) is 18.2 Å². The molecule has 3 N–H and O–H groups in total. The Morgan fingerprint density at radius 3 is 2.64 bits per heavy atom. The van der Waals surface area contributed by atoms with Crippen LogP contribution in [0.15, 0.2) is 47.0 Å². The van der Waals surface area contributed by atoms with Crippen LogP contribution in [0.1, 0.15) is 30.9 Å². The number of unbranched alkanes of at least 4 members (excludes halogenated alkanes) is 1. The number of aromatic nitrogens is 1. The predicted octanol–water partition coefficient (Wildman–Crippen LogP) is 4.36. The highest BCUT2D eigenvalue weighted by Crippen LogP contribution is 2.28. The molecule has 0 saturated carbocycles. The van der Waals surface area contributed by atoms with Crippen LogP contribution in [-0.2, 0) is 13.0 Å². The molecule has 3 aromatic rings. The van der Waals surface area contributed by atoms with Gasteiger partial charge in [-0.25, -0.2) is 0 Å². The molecule has 1 aromatic heterocycles. The fraction of sp³-hybridized carbons (Fsp3) is 0.278. The monoisotopic (exact) mass is 295 g/mol. The van der Waals surface area contributed by atoms with Gasteiger partial charge in [0, 0.05) is 12.2 Å². The molecule has 114 valence electrons. The van der Waals surface area contributed by atoms with Gasteiger partial charge in [0.15, 0.2) is 11.4 Å². The third kappa shape index (κ3) is 3.06. The summed E-state index contributed by atoms with van der Waals surface area (Å²) < 4.78 is 5.29. The van der Waals surface area contributed by atoms with Crippen LogP contribution in [-0.4, -0.2) is 5.16 Å². The lowest BCUT2D eigenvalue weighted by atomic mass is 10.1. The van der Waals surface area contributed by atoms with E-state index in [0.717, 1.165) is 11.8 Å². The topological polar surface area (TPSA) is 64.1 Å². The van der Waals surface area contributed by atoms with E-state index >= 15 is 0 Å². The molecule has 0 bridgehead atoms. The number of rotatable bonds is 6. The minimum atomic E-state index is 0.677. The number of nitrogens with one attached hydrogen (secondary N) is 1. The normalized spacial score (nSPS) is 11.0. The maximum Gasteiger partial charge on any atom is 0.179 e. The Hall–Kier alpha value is -2.49. The van der Waals surface area contributed by atoms with Crippen LogP contribution in [0.25, 0.3) is 11.0 Å². The smallest absolute Gasteiger partial charge is 0.179 e. The third-order valence-corrected chi connectivity index (χ3v) is 3.83. The van der Waals surface area contributed by atoms with Crippen molar-refractivity contribution in [1.29, 1.82) is 0 Å². The van der Waals surface area contributed by atoms with Crippen LogP contribution in [0.3, 0.4) is 0 Å². The summed E-state index contributed by atoms with van der Waals surface area (Å²) in [4.78, 5) is 0. The number of benzene rings is 2. The van der Waals surface area contributed by atoms with Gasteiger partial charge in [-0.2, -0.15) is 0 Å². The molecule has 0 saturated heterocycles. The number of nitrogens with two attached hydrogens (primary N) is 1. The molecule has 0 radical (unpaired) electrons. The lowest BCUT2D eigenvalue weighted by Gasteiger charge is -2.06. The molecule has 0 aliphatic rings. The van der Waals surface area contributed by atoms with Gasteiger partial charge in [0.1, 0.15) is 0 Å². The predicted molar refractivity (Wildman–Crippen MR) is 90.8 cm³/mol. The summed E-state index contributed by atoms with van der Waals surface area (Å²) >= 11 is 0. The zero-order chi connectivity index (χ0) is 15.4. The van der Waals surface area contributed by atoms with Crippen molar-refractivity contribution in [3.8, 4) is 0 Å². The molecule has 0 spiro atoms. The molecule has 3 rings (SSSR count). The van der Waals surface area contributed by atoms with Gasteiger partial charge in [-0.1, -0.05) is 48.8 Å². The molecule has 0 amide bonds.